The Morgan fingerprint density at radius 1 is 1.42 bits per heavy atom. The van der Waals surface area contributed by atoms with Gasteiger partial charge in [0.05, 0.1) is 27.1 Å². The van der Waals surface area contributed by atoms with Crippen LogP contribution in [0.15, 0.2) is 30.6 Å². The van der Waals surface area contributed by atoms with Gasteiger partial charge in [-0.2, -0.15) is 0 Å². The molecular formula is C10H18N2+2. The van der Waals surface area contributed by atoms with Crippen molar-refractivity contribution in [3.05, 3.63) is 30.6 Å². The van der Waals surface area contributed by atoms with Crippen LogP contribution in [0.2, 0.25) is 1.41 Å². The van der Waals surface area contributed by atoms with E-state index in [0.29, 0.717) is 6.17 Å². The zero-order valence-corrected chi connectivity index (χ0v) is 7.83. The van der Waals surface area contributed by atoms with Crippen molar-refractivity contribution in [3.8, 4) is 0 Å². The van der Waals surface area contributed by atoms with E-state index in [2.05, 4.69) is 0 Å². The van der Waals surface area contributed by atoms with Crippen molar-refractivity contribution in [2.24, 2.45) is 0 Å². The van der Waals surface area contributed by atoms with Gasteiger partial charge in [-0.1, -0.05) is 6.07 Å². The van der Waals surface area contributed by atoms with E-state index in [4.69, 9.17) is 2.78 Å². The number of quaternary nitrogens is 1. The molecule has 1 heterocycles. The fourth-order valence-corrected chi connectivity index (χ4v) is 1.09. The first-order chi connectivity index (χ1) is 6.49. The fraction of sp³-hybridized carbons (Fsp3) is 0.500. The van der Waals surface area contributed by atoms with E-state index in [1.54, 1.807) is 6.07 Å². The lowest BCUT2D eigenvalue weighted by atomic mass is 10.4. The highest BCUT2D eigenvalue weighted by Gasteiger charge is 1.99. The molecule has 2 heteroatoms. The number of nitrogens with zero attached hydrogens (tertiary/aromatic N) is 1. The van der Waals surface area contributed by atoms with Gasteiger partial charge in [0.25, 0.3) is 0 Å². The van der Waals surface area contributed by atoms with Gasteiger partial charge in [0.15, 0.2) is 18.9 Å². The van der Waals surface area contributed by atoms with Crippen molar-refractivity contribution >= 4 is 0 Å². The molecule has 66 valence electrons. The van der Waals surface area contributed by atoms with Crippen molar-refractivity contribution in [1.29, 1.82) is 0 Å². The normalized spacial score (nSPS) is 13.8. The monoisotopic (exact) mass is 168 g/mol. The lowest BCUT2D eigenvalue weighted by molar-refractivity contribution is -0.861. The molecule has 1 aromatic heterocycles. The maximum Gasteiger partial charge on any atom is 0.347 e. The Morgan fingerprint density at radius 2 is 2.25 bits per heavy atom. The number of aryl methyl sites for hydroxylation is 1. The number of aromatic nitrogens is 1. The lowest BCUT2D eigenvalue weighted by Gasteiger charge is -2.04. The largest absolute Gasteiger partial charge is 0.347 e. The summed E-state index contributed by atoms with van der Waals surface area (Å²) in [5.74, 6) is 0. The lowest BCUT2D eigenvalue weighted by Crippen LogP contribution is -3.05. The zero-order valence-electron chi connectivity index (χ0n) is 9.83. The van der Waals surface area contributed by atoms with Crippen molar-refractivity contribution in [2.75, 3.05) is 20.6 Å². The number of hydrogen-bond acceptors (Lipinski definition) is 0. The standard InChI is InChI=1S/C10H17N2/c1-11(2)7-6-10-12-8-4-3-5-9-12/h3-5,8-9H,6-7,10H2,1-2H3/q+1/p+1/i8D/hD. The van der Waals surface area contributed by atoms with Crippen LogP contribution in [-0.2, 0) is 6.54 Å². The zero-order chi connectivity index (χ0) is 10.6. The second kappa shape index (κ2) is 4.88. The summed E-state index contributed by atoms with van der Waals surface area (Å²) in [6, 6.07) is 5.57. The molecule has 0 amide bonds. The molecule has 0 bridgehead atoms. The van der Waals surface area contributed by atoms with E-state index in [-0.39, 0.29) is 4.89 Å². The van der Waals surface area contributed by atoms with Crippen molar-refractivity contribution in [3.63, 3.8) is 0 Å². The van der Waals surface area contributed by atoms with Crippen LogP contribution in [0.5, 0.6) is 0 Å². The minimum absolute atomic E-state index is 0.237. The second-order valence-corrected chi connectivity index (χ2v) is 3.18. The molecule has 2 nitrogen and oxygen atoms in total. The molecule has 0 fully saturated rings. The van der Waals surface area contributed by atoms with Crippen LogP contribution in [0.3, 0.4) is 0 Å². The quantitative estimate of drug-likeness (QED) is 0.581. The molecule has 0 radical (unpaired) electrons. The van der Waals surface area contributed by atoms with Crippen LogP contribution in [0.1, 0.15) is 7.79 Å². The molecule has 0 unspecified atom stereocenters. The van der Waals surface area contributed by atoms with E-state index in [9.17, 15) is 0 Å². The van der Waals surface area contributed by atoms with Crippen LogP contribution in [0.4, 0.5) is 0 Å². The summed E-state index contributed by atoms with van der Waals surface area (Å²) in [5, 5.41) is 0. The Hall–Kier alpha value is -0.890. The number of hydrogen-bond donors (Lipinski definition) is 1. The highest BCUT2D eigenvalue weighted by atomic mass is 15.1. The highest BCUT2D eigenvalue weighted by Crippen LogP contribution is 1.78. The van der Waals surface area contributed by atoms with Crippen LogP contribution >= 0.6 is 0 Å². The summed E-state index contributed by atoms with van der Waals surface area (Å²) in [6.07, 6.45) is 3.37. The highest BCUT2D eigenvalue weighted by molar-refractivity contribution is 4.83. The van der Waals surface area contributed by atoms with E-state index in [1.165, 1.54) is 0 Å². The summed E-state index contributed by atoms with van der Waals surface area (Å²) in [5.41, 5.74) is 0. The molecule has 0 spiro atoms. The minimum Gasteiger partial charge on any atom is -0.340 e. The van der Waals surface area contributed by atoms with E-state index < -0.39 is 0 Å². The first-order valence-electron chi connectivity index (χ1n) is 5.24. The Labute approximate surface area is 77.3 Å². The number of nitrogens with one attached hydrogen (secondary N) is 1. The molecule has 0 aliphatic rings. The third kappa shape index (κ3) is 3.49. The summed E-state index contributed by atoms with van der Waals surface area (Å²) >= 11 is 0. The van der Waals surface area contributed by atoms with Gasteiger partial charge in [0.2, 0.25) is 0 Å². The SMILES string of the molecule is [2H]c1cccc[n+]1CCC[N+]([2H])(C)C. The molecule has 1 aromatic rings. The van der Waals surface area contributed by atoms with Gasteiger partial charge in [0, 0.05) is 12.1 Å². The summed E-state index contributed by atoms with van der Waals surface area (Å²) in [7, 11) is 3.72. The number of rotatable bonds is 4. The average molecular weight is 168 g/mol. The van der Waals surface area contributed by atoms with Crippen molar-refractivity contribution < 1.29 is 12.2 Å². The van der Waals surface area contributed by atoms with Crippen LogP contribution in [-0.4, -0.2) is 20.6 Å². The Balaban J connectivity index is 2.43. The van der Waals surface area contributed by atoms with Gasteiger partial charge in [-0.05, 0) is 0 Å². The Kier molecular flexibility index (Phi) is 2.69. The molecule has 1 rings (SSSR count). The molecule has 0 atom stereocenters. The van der Waals surface area contributed by atoms with E-state index in [0.717, 1.165) is 19.5 Å². The third-order valence-electron chi connectivity index (χ3n) is 1.72. The first kappa shape index (κ1) is 6.61. The molecular weight excluding hydrogens is 148 g/mol. The van der Waals surface area contributed by atoms with Gasteiger partial charge < -0.3 is 4.89 Å². The molecule has 0 aromatic carbocycles. The predicted octanol–water partition coefficient (Wildman–Crippen LogP) is -0.491. The van der Waals surface area contributed by atoms with Gasteiger partial charge in [-0.3, -0.25) is 0 Å². The summed E-state index contributed by atoms with van der Waals surface area (Å²) < 4.78 is 17.1. The van der Waals surface area contributed by atoms with E-state index in [1.807, 2.05) is 37.0 Å². The molecule has 0 saturated heterocycles. The van der Waals surface area contributed by atoms with Crippen molar-refractivity contribution in [2.45, 2.75) is 13.0 Å². The molecule has 1 N–H and O–H groups in total. The smallest absolute Gasteiger partial charge is 0.340 e. The molecule has 0 saturated carbocycles. The fourth-order valence-electron chi connectivity index (χ4n) is 1.09. The van der Waals surface area contributed by atoms with Crippen LogP contribution in [0, 0.1) is 0 Å². The second-order valence-electron chi connectivity index (χ2n) is 3.18. The van der Waals surface area contributed by atoms with Crippen LogP contribution in [0.25, 0.3) is 0 Å². The van der Waals surface area contributed by atoms with Crippen LogP contribution < -0.4 is 9.46 Å². The Morgan fingerprint density at radius 3 is 2.92 bits per heavy atom. The van der Waals surface area contributed by atoms with Gasteiger partial charge in [0.1, 0.15) is 1.37 Å². The van der Waals surface area contributed by atoms with Crippen molar-refractivity contribution in [1.82, 2.24) is 0 Å². The minimum atomic E-state index is 0.237. The van der Waals surface area contributed by atoms with Gasteiger partial charge in [-0.15, -0.1) is 0 Å². The first-order valence-corrected chi connectivity index (χ1v) is 4.30. The van der Waals surface area contributed by atoms with Gasteiger partial charge in [-0.25, -0.2) is 4.57 Å². The predicted molar refractivity (Wildman–Crippen MR) is 48.9 cm³/mol. The Bertz CT molecular complexity index is 294. The molecule has 12 heavy (non-hydrogen) atoms. The summed E-state index contributed by atoms with van der Waals surface area (Å²) in [4.78, 5) is 0.237. The molecule has 0 aliphatic carbocycles. The maximum atomic E-state index is 7.63. The number of pyridine rings is 1. The maximum absolute atomic E-state index is 7.63. The third-order valence-corrected chi connectivity index (χ3v) is 1.72. The van der Waals surface area contributed by atoms with Gasteiger partial charge >= 0.3 is 1.41 Å². The summed E-state index contributed by atoms with van der Waals surface area (Å²) in [6.45, 7) is 1.63. The topological polar surface area (TPSA) is 8.32 Å². The molecule has 0 aliphatic heterocycles. The van der Waals surface area contributed by atoms with E-state index >= 15 is 0 Å². The average Bonchev–Trinajstić information content (AvgIpc) is 2.06.